The molecule has 0 amide bonds. The summed E-state index contributed by atoms with van der Waals surface area (Å²) in [5.41, 5.74) is -0.612. The van der Waals surface area contributed by atoms with Crippen LogP contribution in [0.1, 0.15) is 15.9 Å². The van der Waals surface area contributed by atoms with Gasteiger partial charge in [0.05, 0.1) is 0 Å². The van der Waals surface area contributed by atoms with E-state index in [1.165, 1.54) is 6.08 Å². The molecule has 0 saturated heterocycles. The molecule has 0 bridgehead atoms. The fraction of sp³-hybridized carbons (Fsp3) is 0.231. The zero-order valence-electron chi connectivity index (χ0n) is 10.6. The standard InChI is InChI=1S/C13H8F6O3/c1-2-7-3-5-8(6-4-7)9(20)11(14,15)13(18,19)12(16,17)10(21)22/h2-6H,1H2,(H,21,22). The van der Waals surface area contributed by atoms with Gasteiger partial charge in [0.15, 0.2) is 0 Å². The molecule has 9 heteroatoms. The van der Waals surface area contributed by atoms with Gasteiger partial charge < -0.3 is 5.11 Å². The number of rotatable bonds is 6. The lowest BCUT2D eigenvalue weighted by Gasteiger charge is -2.29. The molecule has 0 aliphatic heterocycles. The number of ketones is 1. The summed E-state index contributed by atoms with van der Waals surface area (Å²) in [5, 5.41) is 7.98. The molecule has 0 unspecified atom stereocenters. The Morgan fingerprint density at radius 1 is 0.955 bits per heavy atom. The number of aliphatic carboxylic acids is 1. The lowest BCUT2D eigenvalue weighted by Crippen LogP contribution is -2.60. The van der Waals surface area contributed by atoms with Gasteiger partial charge >= 0.3 is 23.7 Å². The van der Waals surface area contributed by atoms with Gasteiger partial charge in [-0.3, -0.25) is 4.79 Å². The first-order valence-corrected chi connectivity index (χ1v) is 5.53. The molecular weight excluding hydrogens is 318 g/mol. The number of benzene rings is 1. The van der Waals surface area contributed by atoms with Crippen molar-refractivity contribution in [1.29, 1.82) is 0 Å². The molecule has 0 spiro atoms. The Kier molecular flexibility index (Phi) is 4.41. The number of halogens is 6. The maximum Gasteiger partial charge on any atom is 0.411 e. The van der Waals surface area contributed by atoms with Gasteiger partial charge in [0.2, 0.25) is 5.78 Å². The van der Waals surface area contributed by atoms with E-state index in [9.17, 15) is 35.9 Å². The van der Waals surface area contributed by atoms with Gasteiger partial charge in [-0.15, -0.1) is 0 Å². The highest BCUT2D eigenvalue weighted by molar-refractivity contribution is 6.02. The van der Waals surface area contributed by atoms with Crippen molar-refractivity contribution in [1.82, 2.24) is 0 Å². The molecule has 0 heterocycles. The topological polar surface area (TPSA) is 54.4 Å². The lowest BCUT2D eigenvalue weighted by molar-refractivity contribution is -0.285. The fourth-order valence-corrected chi connectivity index (χ4v) is 1.43. The van der Waals surface area contributed by atoms with Gasteiger partial charge in [-0.05, 0) is 5.56 Å². The summed E-state index contributed by atoms with van der Waals surface area (Å²) in [6, 6.07) is 3.57. The van der Waals surface area contributed by atoms with E-state index in [1.807, 2.05) is 0 Å². The molecule has 0 saturated carbocycles. The molecule has 0 aromatic heterocycles. The average molecular weight is 326 g/mol. The molecule has 1 rings (SSSR count). The Balaban J connectivity index is 3.28. The lowest BCUT2D eigenvalue weighted by atomic mass is 9.95. The smallest absolute Gasteiger partial charge is 0.411 e. The predicted molar refractivity (Wildman–Crippen MR) is 63.3 cm³/mol. The normalized spacial score (nSPS) is 12.8. The minimum absolute atomic E-state index is 0.363. The number of hydrogen-bond donors (Lipinski definition) is 1. The van der Waals surface area contributed by atoms with Crippen LogP contribution in [-0.4, -0.2) is 34.6 Å². The summed E-state index contributed by atoms with van der Waals surface area (Å²) in [7, 11) is 0. The Labute approximate surface area is 119 Å². The molecule has 1 aromatic carbocycles. The summed E-state index contributed by atoms with van der Waals surface area (Å²) in [6.45, 7) is 3.33. The van der Waals surface area contributed by atoms with E-state index in [2.05, 4.69) is 6.58 Å². The Hall–Kier alpha value is -2.32. The van der Waals surface area contributed by atoms with Crippen molar-refractivity contribution in [3.63, 3.8) is 0 Å². The molecule has 1 aromatic rings. The van der Waals surface area contributed by atoms with Gasteiger partial charge in [-0.25, -0.2) is 4.79 Å². The number of carbonyl (C=O) groups is 2. The first-order valence-electron chi connectivity index (χ1n) is 5.53. The van der Waals surface area contributed by atoms with Crippen LogP contribution in [0, 0.1) is 0 Å². The first-order chi connectivity index (χ1) is 9.89. The molecule has 3 nitrogen and oxygen atoms in total. The molecule has 22 heavy (non-hydrogen) atoms. The third-order valence-corrected chi connectivity index (χ3v) is 2.75. The number of carboxylic acids is 1. The number of Topliss-reactive ketones (excluding diaryl/α,β-unsaturated/α-hetero) is 1. The van der Waals surface area contributed by atoms with Crippen LogP contribution in [0.5, 0.6) is 0 Å². The van der Waals surface area contributed by atoms with Crippen molar-refractivity contribution in [2.45, 2.75) is 17.8 Å². The van der Waals surface area contributed by atoms with Crippen LogP contribution in [0.25, 0.3) is 6.08 Å². The zero-order chi connectivity index (χ0) is 17.3. The quantitative estimate of drug-likeness (QED) is 0.643. The van der Waals surface area contributed by atoms with Crippen molar-refractivity contribution in [2.75, 3.05) is 0 Å². The van der Waals surface area contributed by atoms with E-state index in [1.54, 1.807) is 0 Å². The predicted octanol–water partition coefficient (Wildman–Crippen LogP) is 3.50. The van der Waals surface area contributed by atoms with Crippen LogP contribution >= 0.6 is 0 Å². The van der Waals surface area contributed by atoms with E-state index in [0.29, 0.717) is 17.7 Å². The molecule has 120 valence electrons. The van der Waals surface area contributed by atoms with E-state index < -0.39 is 35.1 Å². The van der Waals surface area contributed by atoms with E-state index >= 15 is 0 Å². The van der Waals surface area contributed by atoms with Crippen LogP contribution in [0.4, 0.5) is 26.3 Å². The second-order valence-corrected chi connectivity index (χ2v) is 4.18. The second-order valence-electron chi connectivity index (χ2n) is 4.18. The van der Waals surface area contributed by atoms with E-state index in [-0.39, 0.29) is 0 Å². The summed E-state index contributed by atoms with van der Waals surface area (Å²) < 4.78 is 78.9. The highest BCUT2D eigenvalue weighted by Crippen LogP contribution is 2.47. The highest BCUT2D eigenvalue weighted by atomic mass is 19.3. The second kappa shape index (κ2) is 5.47. The van der Waals surface area contributed by atoms with Crippen molar-refractivity contribution in [3.05, 3.63) is 42.0 Å². The zero-order valence-corrected chi connectivity index (χ0v) is 10.6. The summed E-state index contributed by atoms with van der Waals surface area (Å²) in [6.07, 6.45) is 1.26. The van der Waals surface area contributed by atoms with E-state index in [4.69, 9.17) is 5.11 Å². The average Bonchev–Trinajstić information content (AvgIpc) is 2.45. The molecule has 0 atom stereocenters. The molecular formula is C13H8F6O3. The Bertz CT molecular complexity index is 607. The minimum Gasteiger partial charge on any atom is -0.477 e. The largest absolute Gasteiger partial charge is 0.477 e. The first kappa shape index (κ1) is 17.7. The summed E-state index contributed by atoms with van der Waals surface area (Å²) >= 11 is 0. The number of carboxylic acid groups (broad SMARTS) is 1. The molecule has 0 aliphatic carbocycles. The minimum atomic E-state index is -6.40. The highest BCUT2D eigenvalue weighted by Gasteiger charge is 2.78. The van der Waals surface area contributed by atoms with Crippen molar-refractivity contribution >= 4 is 17.8 Å². The van der Waals surface area contributed by atoms with E-state index in [0.717, 1.165) is 12.1 Å². The summed E-state index contributed by atoms with van der Waals surface area (Å²) in [5.74, 6) is -24.5. The maximum absolute atomic E-state index is 13.5. The fourth-order valence-electron chi connectivity index (χ4n) is 1.43. The van der Waals surface area contributed by atoms with Gasteiger partial charge in [0.25, 0.3) is 0 Å². The van der Waals surface area contributed by atoms with Crippen molar-refractivity contribution < 1.29 is 41.0 Å². The summed E-state index contributed by atoms with van der Waals surface area (Å²) in [4.78, 5) is 21.5. The Morgan fingerprint density at radius 3 is 1.77 bits per heavy atom. The third-order valence-electron chi connectivity index (χ3n) is 2.75. The van der Waals surface area contributed by atoms with Crippen LogP contribution in [-0.2, 0) is 4.79 Å². The van der Waals surface area contributed by atoms with Crippen molar-refractivity contribution in [3.8, 4) is 0 Å². The molecule has 0 aliphatic rings. The monoisotopic (exact) mass is 326 g/mol. The van der Waals surface area contributed by atoms with Crippen molar-refractivity contribution in [2.24, 2.45) is 0 Å². The molecule has 0 radical (unpaired) electrons. The van der Waals surface area contributed by atoms with Crippen LogP contribution in [0.2, 0.25) is 0 Å². The van der Waals surface area contributed by atoms with Crippen LogP contribution in [0.15, 0.2) is 30.8 Å². The van der Waals surface area contributed by atoms with Gasteiger partial charge in [0.1, 0.15) is 0 Å². The number of carbonyl (C=O) groups excluding carboxylic acids is 1. The molecule has 0 fully saturated rings. The third kappa shape index (κ3) is 2.58. The number of hydrogen-bond acceptors (Lipinski definition) is 2. The van der Waals surface area contributed by atoms with Gasteiger partial charge in [-0.1, -0.05) is 36.9 Å². The Morgan fingerprint density at radius 2 is 1.41 bits per heavy atom. The SMILES string of the molecule is C=Cc1ccc(C(=O)C(F)(F)C(F)(F)C(F)(F)C(=O)O)cc1. The van der Waals surface area contributed by atoms with Gasteiger partial charge in [-0.2, -0.15) is 26.3 Å². The number of alkyl halides is 6. The van der Waals surface area contributed by atoms with Gasteiger partial charge in [0, 0.05) is 5.56 Å². The molecule has 1 N–H and O–H groups in total. The van der Waals surface area contributed by atoms with Crippen LogP contribution < -0.4 is 0 Å². The maximum atomic E-state index is 13.5. The van der Waals surface area contributed by atoms with Crippen LogP contribution in [0.3, 0.4) is 0 Å².